The van der Waals surface area contributed by atoms with Gasteiger partial charge in [0.05, 0.1) is 6.07 Å². The van der Waals surface area contributed by atoms with E-state index in [1.807, 2.05) is 0 Å². The van der Waals surface area contributed by atoms with Crippen LogP contribution in [0.15, 0.2) is 0 Å². The first-order valence-corrected chi connectivity index (χ1v) is 2.78. The Morgan fingerprint density at radius 1 is 1.67 bits per heavy atom. The van der Waals surface area contributed by atoms with Gasteiger partial charge in [-0.05, 0) is 20.9 Å². The van der Waals surface area contributed by atoms with Gasteiger partial charge in [-0.25, -0.2) is 4.39 Å². The quantitative estimate of drug-likeness (QED) is 0.601. The van der Waals surface area contributed by atoms with Crippen molar-refractivity contribution in [3.8, 4) is 6.07 Å². The van der Waals surface area contributed by atoms with E-state index in [-0.39, 0.29) is 0 Å². The van der Waals surface area contributed by atoms with Gasteiger partial charge < -0.3 is 5.32 Å². The summed E-state index contributed by atoms with van der Waals surface area (Å²) in [6.45, 7) is 2.74. The van der Waals surface area contributed by atoms with Gasteiger partial charge in [0.25, 0.3) is 0 Å². The van der Waals surface area contributed by atoms with Crippen LogP contribution in [0.2, 0.25) is 0 Å². The van der Waals surface area contributed by atoms with Gasteiger partial charge in [-0.15, -0.1) is 0 Å². The predicted molar refractivity (Wildman–Crippen MR) is 33.6 cm³/mol. The molecule has 0 saturated carbocycles. The molecule has 52 valence electrons. The zero-order chi connectivity index (χ0) is 7.49. The molecule has 0 fully saturated rings. The van der Waals surface area contributed by atoms with Gasteiger partial charge in [-0.1, -0.05) is 0 Å². The molecule has 1 N–H and O–H groups in total. The lowest BCUT2D eigenvalue weighted by atomic mass is 10.0. The molecule has 0 saturated heterocycles. The summed E-state index contributed by atoms with van der Waals surface area (Å²) in [6, 6.07) is 1.09. The van der Waals surface area contributed by atoms with E-state index in [0.29, 0.717) is 0 Å². The van der Waals surface area contributed by atoms with E-state index in [1.54, 1.807) is 13.1 Å². The lowest BCUT2D eigenvalue weighted by molar-refractivity contribution is 0.182. The fourth-order valence-corrected chi connectivity index (χ4v) is 0.561. The van der Waals surface area contributed by atoms with Crippen LogP contribution in [0.1, 0.15) is 13.8 Å². The summed E-state index contributed by atoms with van der Waals surface area (Å²) >= 11 is 0. The number of nitrogens with one attached hydrogen (secondary N) is 1. The van der Waals surface area contributed by atoms with E-state index in [1.165, 1.54) is 13.8 Å². The summed E-state index contributed by atoms with van der Waals surface area (Å²) in [5, 5.41) is 10.9. The van der Waals surface area contributed by atoms with Crippen molar-refractivity contribution >= 4 is 0 Å². The summed E-state index contributed by atoms with van der Waals surface area (Å²) in [5.74, 6) is 0. The molecule has 0 bridgehead atoms. The standard InChI is InChI=1S/C6H11FN2/c1-6(2,7)5(4-8)9-3/h5,9H,1-3H3. The van der Waals surface area contributed by atoms with Gasteiger partial charge >= 0.3 is 0 Å². The lowest BCUT2D eigenvalue weighted by Gasteiger charge is -2.19. The van der Waals surface area contributed by atoms with Gasteiger partial charge in [-0.2, -0.15) is 5.26 Å². The second-order valence-electron chi connectivity index (χ2n) is 2.42. The monoisotopic (exact) mass is 130 g/mol. The highest BCUT2D eigenvalue weighted by atomic mass is 19.1. The minimum absolute atomic E-state index is 0.711. The van der Waals surface area contributed by atoms with E-state index in [0.717, 1.165) is 0 Å². The predicted octanol–water partition coefficient (Wildman–Crippen LogP) is 0.846. The molecule has 0 aromatic rings. The van der Waals surface area contributed by atoms with Crippen LogP contribution >= 0.6 is 0 Å². The molecule has 3 heteroatoms. The maximum absolute atomic E-state index is 12.8. The molecule has 0 aliphatic carbocycles. The van der Waals surface area contributed by atoms with Crippen LogP contribution in [0.25, 0.3) is 0 Å². The van der Waals surface area contributed by atoms with E-state index in [9.17, 15) is 4.39 Å². The van der Waals surface area contributed by atoms with Crippen molar-refractivity contribution in [2.75, 3.05) is 7.05 Å². The molecule has 0 aromatic heterocycles. The molecule has 0 spiro atoms. The minimum Gasteiger partial charge on any atom is -0.302 e. The van der Waals surface area contributed by atoms with Crippen LogP contribution in [0.4, 0.5) is 4.39 Å². The van der Waals surface area contributed by atoms with Crippen molar-refractivity contribution < 1.29 is 4.39 Å². The summed E-state index contributed by atoms with van der Waals surface area (Å²) < 4.78 is 12.8. The number of alkyl halides is 1. The fourth-order valence-electron chi connectivity index (χ4n) is 0.561. The fraction of sp³-hybridized carbons (Fsp3) is 0.833. The molecule has 1 unspecified atom stereocenters. The molecule has 2 nitrogen and oxygen atoms in total. The Hall–Kier alpha value is -0.620. The Labute approximate surface area is 54.7 Å². The summed E-state index contributed by atoms with van der Waals surface area (Å²) in [7, 11) is 1.56. The first kappa shape index (κ1) is 8.38. The Bertz CT molecular complexity index is 120. The molecule has 0 radical (unpaired) electrons. The van der Waals surface area contributed by atoms with Crippen molar-refractivity contribution in [3.05, 3.63) is 0 Å². The van der Waals surface area contributed by atoms with Gasteiger partial charge in [0.15, 0.2) is 0 Å². The number of halogens is 1. The highest BCUT2D eigenvalue weighted by Crippen LogP contribution is 2.12. The number of nitrogens with zero attached hydrogens (tertiary/aromatic N) is 1. The third-order valence-electron chi connectivity index (χ3n) is 1.10. The van der Waals surface area contributed by atoms with Crippen molar-refractivity contribution in [2.45, 2.75) is 25.6 Å². The molecule has 9 heavy (non-hydrogen) atoms. The summed E-state index contributed by atoms with van der Waals surface area (Å²) in [5.41, 5.74) is -1.45. The first-order chi connectivity index (χ1) is 4.02. The normalized spacial score (nSPS) is 14.6. The van der Waals surface area contributed by atoms with Crippen LogP contribution < -0.4 is 5.32 Å². The Morgan fingerprint density at radius 2 is 2.11 bits per heavy atom. The topological polar surface area (TPSA) is 35.8 Å². The molecule has 0 amide bonds. The zero-order valence-electron chi connectivity index (χ0n) is 5.90. The summed E-state index contributed by atoms with van der Waals surface area (Å²) in [6.07, 6.45) is 0. The van der Waals surface area contributed by atoms with Crippen LogP contribution in [0.3, 0.4) is 0 Å². The SMILES string of the molecule is CNC(C#N)C(C)(C)F. The molecule has 1 atom stereocenters. The molecule has 0 rings (SSSR count). The molecule has 0 heterocycles. The third-order valence-corrected chi connectivity index (χ3v) is 1.10. The van der Waals surface area contributed by atoms with Gasteiger partial charge in [0, 0.05) is 0 Å². The highest BCUT2D eigenvalue weighted by molar-refractivity contribution is 4.99. The average molecular weight is 130 g/mol. The third kappa shape index (κ3) is 2.43. The van der Waals surface area contributed by atoms with Crippen LogP contribution in [-0.4, -0.2) is 18.8 Å². The van der Waals surface area contributed by atoms with Crippen molar-refractivity contribution in [2.24, 2.45) is 0 Å². The van der Waals surface area contributed by atoms with E-state index < -0.39 is 11.7 Å². The van der Waals surface area contributed by atoms with Gasteiger partial charge in [0.1, 0.15) is 11.7 Å². The van der Waals surface area contributed by atoms with Gasteiger partial charge in [-0.3, -0.25) is 0 Å². The van der Waals surface area contributed by atoms with Crippen LogP contribution in [0, 0.1) is 11.3 Å². The second-order valence-corrected chi connectivity index (χ2v) is 2.42. The Morgan fingerprint density at radius 3 is 2.11 bits per heavy atom. The molecular weight excluding hydrogens is 119 g/mol. The van der Waals surface area contributed by atoms with E-state index in [4.69, 9.17) is 5.26 Å². The number of rotatable bonds is 2. The average Bonchev–Trinajstić information content (AvgIpc) is 1.65. The Kier molecular flexibility index (Phi) is 2.60. The molecule has 0 aliphatic rings. The lowest BCUT2D eigenvalue weighted by Crippen LogP contribution is -2.40. The summed E-state index contributed by atoms with van der Waals surface area (Å²) in [4.78, 5) is 0. The number of hydrogen-bond acceptors (Lipinski definition) is 2. The maximum atomic E-state index is 12.8. The second kappa shape index (κ2) is 2.79. The first-order valence-electron chi connectivity index (χ1n) is 2.78. The number of nitriles is 1. The largest absolute Gasteiger partial charge is 0.302 e. The Balaban J connectivity index is 4.00. The zero-order valence-corrected chi connectivity index (χ0v) is 5.90. The smallest absolute Gasteiger partial charge is 0.134 e. The molecule has 0 aliphatic heterocycles. The van der Waals surface area contributed by atoms with Crippen LogP contribution in [-0.2, 0) is 0 Å². The van der Waals surface area contributed by atoms with Gasteiger partial charge in [0.2, 0.25) is 0 Å². The van der Waals surface area contributed by atoms with Crippen molar-refractivity contribution in [1.29, 1.82) is 5.26 Å². The molecule has 0 aromatic carbocycles. The van der Waals surface area contributed by atoms with E-state index >= 15 is 0 Å². The van der Waals surface area contributed by atoms with Crippen LogP contribution in [0.5, 0.6) is 0 Å². The van der Waals surface area contributed by atoms with E-state index in [2.05, 4.69) is 5.32 Å². The van der Waals surface area contributed by atoms with Crippen molar-refractivity contribution in [1.82, 2.24) is 5.32 Å². The molecular formula is C6H11FN2. The number of hydrogen-bond donors (Lipinski definition) is 1. The minimum atomic E-state index is -1.45. The highest BCUT2D eigenvalue weighted by Gasteiger charge is 2.26. The van der Waals surface area contributed by atoms with Crippen molar-refractivity contribution in [3.63, 3.8) is 0 Å². The maximum Gasteiger partial charge on any atom is 0.134 e.